The Morgan fingerprint density at radius 3 is 2.54 bits per heavy atom. The second-order valence-corrected chi connectivity index (χ2v) is 9.75. The van der Waals surface area contributed by atoms with E-state index in [9.17, 15) is 9.59 Å². The zero-order chi connectivity index (χ0) is 24.8. The predicted octanol–water partition coefficient (Wildman–Crippen LogP) is 5.50. The summed E-state index contributed by atoms with van der Waals surface area (Å²) in [5.74, 6) is -0.0855. The van der Waals surface area contributed by atoms with Gasteiger partial charge in [-0.3, -0.25) is 14.9 Å². The predicted molar refractivity (Wildman–Crippen MR) is 139 cm³/mol. The van der Waals surface area contributed by atoms with Crippen LogP contribution in [-0.4, -0.2) is 36.1 Å². The summed E-state index contributed by atoms with van der Waals surface area (Å²) in [6.45, 7) is 4.29. The standard InChI is InChI=1S/C30H38N2O3/c1-4-23-14-8-9-15-24(23)27(20-28(33)35-3)31-29-25-16-10-11-17-26(25)30(34)32(29)21(2)18-19-22-12-6-5-7-13-22/h5-9,12-15,21,27,29,31H,4,10-11,16-20H2,1-3H3/t21-,27+,29-/m1/s1. The van der Waals surface area contributed by atoms with E-state index < -0.39 is 0 Å². The summed E-state index contributed by atoms with van der Waals surface area (Å²) in [6, 6.07) is 18.6. The molecule has 35 heavy (non-hydrogen) atoms. The van der Waals surface area contributed by atoms with Gasteiger partial charge in [-0.25, -0.2) is 0 Å². The minimum absolute atomic E-state index is 0.0750. The van der Waals surface area contributed by atoms with Crippen molar-refractivity contribution in [3.05, 3.63) is 82.4 Å². The molecule has 3 atom stereocenters. The number of nitrogens with zero attached hydrogens (tertiary/aromatic N) is 1. The van der Waals surface area contributed by atoms with Gasteiger partial charge in [0.2, 0.25) is 0 Å². The number of esters is 1. The lowest BCUT2D eigenvalue weighted by molar-refractivity contribution is -0.141. The molecule has 0 saturated carbocycles. The number of amides is 1. The van der Waals surface area contributed by atoms with Crippen molar-refractivity contribution in [3.63, 3.8) is 0 Å². The van der Waals surface area contributed by atoms with Gasteiger partial charge in [0.05, 0.1) is 13.5 Å². The van der Waals surface area contributed by atoms with Gasteiger partial charge in [-0.15, -0.1) is 0 Å². The van der Waals surface area contributed by atoms with Crippen LogP contribution in [0.1, 0.15) is 75.1 Å². The van der Waals surface area contributed by atoms with Crippen molar-refractivity contribution in [2.75, 3.05) is 7.11 Å². The maximum absolute atomic E-state index is 13.7. The van der Waals surface area contributed by atoms with Crippen molar-refractivity contribution < 1.29 is 14.3 Å². The molecule has 1 heterocycles. The fourth-order valence-electron chi connectivity index (χ4n) is 5.61. The van der Waals surface area contributed by atoms with Crippen LogP contribution in [0, 0.1) is 0 Å². The van der Waals surface area contributed by atoms with Crippen LogP contribution >= 0.6 is 0 Å². The number of carbonyl (C=O) groups is 2. The highest BCUT2D eigenvalue weighted by atomic mass is 16.5. The minimum Gasteiger partial charge on any atom is -0.469 e. The Labute approximate surface area is 209 Å². The van der Waals surface area contributed by atoms with Crippen LogP contribution in [0.15, 0.2) is 65.7 Å². The molecule has 4 rings (SSSR count). The van der Waals surface area contributed by atoms with Crippen LogP contribution in [0.3, 0.4) is 0 Å². The molecule has 1 aliphatic heterocycles. The second kappa shape index (κ2) is 11.7. The first-order valence-electron chi connectivity index (χ1n) is 13.0. The van der Waals surface area contributed by atoms with Crippen molar-refractivity contribution in [1.82, 2.24) is 10.2 Å². The third-order valence-corrected chi connectivity index (χ3v) is 7.55. The number of benzene rings is 2. The fraction of sp³-hybridized carbons (Fsp3) is 0.467. The van der Waals surface area contributed by atoms with Crippen molar-refractivity contribution in [3.8, 4) is 0 Å². The lowest BCUT2D eigenvalue weighted by Crippen LogP contribution is -2.51. The number of rotatable bonds is 10. The number of hydrogen-bond acceptors (Lipinski definition) is 4. The van der Waals surface area contributed by atoms with E-state index in [4.69, 9.17) is 4.74 Å². The maximum atomic E-state index is 13.7. The molecule has 0 bridgehead atoms. The van der Waals surface area contributed by atoms with E-state index in [1.54, 1.807) is 0 Å². The number of carbonyl (C=O) groups excluding carboxylic acids is 2. The van der Waals surface area contributed by atoms with E-state index in [0.29, 0.717) is 0 Å². The van der Waals surface area contributed by atoms with E-state index in [2.05, 4.69) is 60.5 Å². The highest BCUT2D eigenvalue weighted by molar-refractivity contribution is 5.98. The first kappa shape index (κ1) is 25.2. The number of hydrogen-bond donors (Lipinski definition) is 1. The van der Waals surface area contributed by atoms with Crippen LogP contribution in [0.5, 0.6) is 0 Å². The zero-order valence-corrected chi connectivity index (χ0v) is 21.3. The molecule has 0 radical (unpaired) electrons. The Morgan fingerprint density at radius 2 is 1.80 bits per heavy atom. The first-order chi connectivity index (χ1) is 17.0. The molecule has 0 fully saturated rings. The molecule has 186 valence electrons. The summed E-state index contributed by atoms with van der Waals surface area (Å²) in [4.78, 5) is 28.1. The topological polar surface area (TPSA) is 58.6 Å². The summed E-state index contributed by atoms with van der Waals surface area (Å²) >= 11 is 0. The van der Waals surface area contributed by atoms with Crippen LogP contribution in [-0.2, 0) is 27.2 Å². The Hall–Kier alpha value is -2.92. The molecule has 0 aromatic heterocycles. The van der Waals surface area contributed by atoms with Gasteiger partial charge in [0.1, 0.15) is 6.17 Å². The van der Waals surface area contributed by atoms with Crippen molar-refractivity contribution in [2.24, 2.45) is 0 Å². The molecule has 2 aromatic carbocycles. The molecule has 1 amide bonds. The van der Waals surface area contributed by atoms with Gasteiger partial charge >= 0.3 is 5.97 Å². The van der Waals surface area contributed by atoms with Crippen molar-refractivity contribution in [2.45, 2.75) is 83.5 Å². The van der Waals surface area contributed by atoms with E-state index >= 15 is 0 Å². The molecule has 2 aliphatic rings. The van der Waals surface area contributed by atoms with Gasteiger partial charge in [0.25, 0.3) is 5.91 Å². The van der Waals surface area contributed by atoms with Crippen LogP contribution in [0.25, 0.3) is 0 Å². The summed E-state index contributed by atoms with van der Waals surface area (Å²) in [5.41, 5.74) is 5.81. The Bertz CT molecular complexity index is 1060. The van der Waals surface area contributed by atoms with Crippen molar-refractivity contribution in [1.29, 1.82) is 0 Å². The number of methoxy groups -OCH3 is 1. The van der Waals surface area contributed by atoms with E-state index in [1.807, 2.05) is 18.2 Å². The molecule has 5 heteroatoms. The largest absolute Gasteiger partial charge is 0.469 e. The summed E-state index contributed by atoms with van der Waals surface area (Å²) in [5, 5.41) is 3.78. The lowest BCUT2D eigenvalue weighted by Gasteiger charge is -2.36. The molecule has 0 unspecified atom stereocenters. The lowest BCUT2D eigenvalue weighted by atomic mass is 9.91. The molecule has 1 aliphatic carbocycles. The Balaban J connectivity index is 1.63. The van der Waals surface area contributed by atoms with Gasteiger partial charge in [-0.05, 0) is 74.1 Å². The number of nitrogens with one attached hydrogen (secondary N) is 1. The highest BCUT2D eigenvalue weighted by Gasteiger charge is 2.42. The molecular weight excluding hydrogens is 436 g/mol. The average molecular weight is 475 g/mol. The van der Waals surface area contributed by atoms with E-state index in [0.717, 1.165) is 56.1 Å². The molecule has 0 spiro atoms. The zero-order valence-electron chi connectivity index (χ0n) is 21.3. The fourth-order valence-corrected chi connectivity index (χ4v) is 5.61. The highest BCUT2D eigenvalue weighted by Crippen LogP contribution is 2.38. The van der Waals surface area contributed by atoms with Crippen LogP contribution in [0.4, 0.5) is 0 Å². The molecule has 2 aromatic rings. The smallest absolute Gasteiger partial charge is 0.307 e. The maximum Gasteiger partial charge on any atom is 0.307 e. The van der Waals surface area contributed by atoms with Gasteiger partial charge in [-0.2, -0.15) is 0 Å². The third-order valence-electron chi connectivity index (χ3n) is 7.55. The normalized spacial score (nSPS) is 19.5. The minimum atomic E-state index is -0.251. The van der Waals surface area contributed by atoms with E-state index in [1.165, 1.54) is 23.8 Å². The van der Waals surface area contributed by atoms with Crippen molar-refractivity contribution >= 4 is 11.9 Å². The van der Waals surface area contributed by atoms with Gasteiger partial charge in [0, 0.05) is 17.7 Å². The molecule has 0 saturated heterocycles. The number of aryl methyl sites for hydroxylation is 2. The Morgan fingerprint density at radius 1 is 1.09 bits per heavy atom. The quantitative estimate of drug-likeness (QED) is 0.462. The monoisotopic (exact) mass is 474 g/mol. The molecular formula is C30H38N2O3. The summed E-state index contributed by atoms with van der Waals surface area (Å²) < 4.78 is 5.06. The average Bonchev–Trinajstić information content (AvgIpc) is 3.18. The van der Waals surface area contributed by atoms with Gasteiger partial charge < -0.3 is 9.64 Å². The second-order valence-electron chi connectivity index (χ2n) is 9.75. The Kier molecular flexibility index (Phi) is 8.40. The molecule has 5 nitrogen and oxygen atoms in total. The van der Waals surface area contributed by atoms with E-state index in [-0.39, 0.29) is 36.5 Å². The molecule has 1 N–H and O–H groups in total. The SMILES string of the molecule is CCc1ccccc1[C@H](CC(=O)OC)N[C@H]1C2=C(CCCC2)C(=O)N1[C@H](C)CCc1ccccc1. The van der Waals surface area contributed by atoms with Crippen LogP contribution < -0.4 is 5.32 Å². The first-order valence-corrected chi connectivity index (χ1v) is 13.0. The van der Waals surface area contributed by atoms with Crippen LogP contribution in [0.2, 0.25) is 0 Å². The van der Waals surface area contributed by atoms with Gasteiger partial charge in [0.15, 0.2) is 0 Å². The summed E-state index contributed by atoms with van der Waals surface area (Å²) in [7, 11) is 1.43. The van der Waals surface area contributed by atoms with Gasteiger partial charge in [-0.1, -0.05) is 61.5 Å². The third kappa shape index (κ3) is 5.67. The number of ether oxygens (including phenoxy) is 1. The summed E-state index contributed by atoms with van der Waals surface area (Å²) in [6.07, 6.45) is 6.68.